The molecular formula is C25H29N3O6S. The minimum atomic E-state index is -3.66. The van der Waals surface area contributed by atoms with E-state index in [1.165, 1.54) is 34.6 Å². The average molecular weight is 500 g/mol. The Balaban J connectivity index is 1.30. The van der Waals surface area contributed by atoms with Gasteiger partial charge < -0.3 is 20.1 Å². The lowest BCUT2D eigenvalue weighted by Gasteiger charge is -2.20. The fraction of sp³-hybridized carbons (Fsp3) is 0.360. The molecule has 1 aliphatic carbocycles. The molecule has 2 aromatic carbocycles. The maximum Gasteiger partial charge on any atom is 0.251 e. The van der Waals surface area contributed by atoms with Gasteiger partial charge in [0.05, 0.1) is 19.1 Å². The molecule has 0 bridgehead atoms. The maximum absolute atomic E-state index is 13.0. The smallest absolute Gasteiger partial charge is 0.251 e. The summed E-state index contributed by atoms with van der Waals surface area (Å²) in [5, 5.41) is 5.69. The van der Waals surface area contributed by atoms with Crippen LogP contribution in [-0.2, 0) is 21.2 Å². The molecule has 2 aliphatic rings. The molecule has 1 saturated carbocycles. The van der Waals surface area contributed by atoms with Crippen molar-refractivity contribution in [1.29, 1.82) is 0 Å². The third kappa shape index (κ3) is 5.18. The Morgan fingerprint density at radius 2 is 1.71 bits per heavy atom. The van der Waals surface area contributed by atoms with E-state index in [-0.39, 0.29) is 34.6 Å². The van der Waals surface area contributed by atoms with Crippen molar-refractivity contribution in [2.75, 3.05) is 33.9 Å². The van der Waals surface area contributed by atoms with E-state index in [0.29, 0.717) is 43.1 Å². The van der Waals surface area contributed by atoms with Crippen molar-refractivity contribution < 1.29 is 27.5 Å². The second-order valence-electron chi connectivity index (χ2n) is 8.61. The third-order valence-corrected chi connectivity index (χ3v) is 8.40. The van der Waals surface area contributed by atoms with Crippen LogP contribution in [-0.4, -0.2) is 64.4 Å². The quantitative estimate of drug-likeness (QED) is 0.480. The Kier molecular flexibility index (Phi) is 7.13. The molecule has 0 radical (unpaired) electrons. The maximum atomic E-state index is 13.0. The first-order valence-electron chi connectivity index (χ1n) is 11.3. The fourth-order valence-corrected chi connectivity index (χ4v) is 6.02. The van der Waals surface area contributed by atoms with Crippen molar-refractivity contribution in [1.82, 2.24) is 14.9 Å². The molecule has 1 saturated heterocycles. The van der Waals surface area contributed by atoms with Gasteiger partial charge in [-0.1, -0.05) is 12.6 Å². The normalized spacial score (nSPS) is 21.0. The van der Waals surface area contributed by atoms with Crippen LogP contribution in [0.15, 0.2) is 60.0 Å². The van der Waals surface area contributed by atoms with Crippen LogP contribution in [0.1, 0.15) is 15.9 Å². The van der Waals surface area contributed by atoms with E-state index < -0.39 is 10.0 Å². The van der Waals surface area contributed by atoms with Gasteiger partial charge in [0.15, 0.2) is 11.5 Å². The molecule has 2 amide bonds. The molecule has 2 atom stereocenters. The van der Waals surface area contributed by atoms with Crippen LogP contribution in [0, 0.1) is 11.8 Å². The summed E-state index contributed by atoms with van der Waals surface area (Å²) in [4.78, 5) is 24.1. The van der Waals surface area contributed by atoms with E-state index in [1.54, 1.807) is 14.2 Å². The largest absolute Gasteiger partial charge is 0.493 e. The zero-order valence-corrected chi connectivity index (χ0v) is 20.5. The number of hydrogen-bond acceptors (Lipinski definition) is 6. The first-order valence-corrected chi connectivity index (χ1v) is 12.7. The van der Waals surface area contributed by atoms with Gasteiger partial charge in [-0.05, 0) is 66.3 Å². The molecular weight excluding hydrogens is 470 g/mol. The number of benzene rings is 2. The Bertz CT molecular complexity index is 1220. The van der Waals surface area contributed by atoms with E-state index in [1.807, 2.05) is 18.2 Å². The standard InChI is InChI=1S/C25H29N3O6S/c1-4-23(29)27-24-19-14-28(15-20(19)24)35(31,32)18-8-6-17(7-9-18)25(30)26-12-11-16-5-10-21(33-2)22(13-16)34-3/h4-10,13,19-20,24H,1,11-12,14-15H2,2-3H3,(H,26,30)(H,27,29). The highest BCUT2D eigenvalue weighted by atomic mass is 32.2. The lowest BCUT2D eigenvalue weighted by molar-refractivity contribution is -0.116. The highest BCUT2D eigenvalue weighted by Gasteiger charge is 2.58. The van der Waals surface area contributed by atoms with Crippen molar-refractivity contribution in [3.63, 3.8) is 0 Å². The van der Waals surface area contributed by atoms with Gasteiger partial charge in [0.1, 0.15) is 0 Å². The van der Waals surface area contributed by atoms with Crippen LogP contribution in [0.25, 0.3) is 0 Å². The molecule has 35 heavy (non-hydrogen) atoms. The Hall–Kier alpha value is -3.37. The van der Waals surface area contributed by atoms with Crippen LogP contribution in [0.4, 0.5) is 0 Å². The zero-order chi connectivity index (χ0) is 25.2. The fourth-order valence-electron chi connectivity index (χ4n) is 4.51. The van der Waals surface area contributed by atoms with E-state index in [2.05, 4.69) is 17.2 Å². The van der Waals surface area contributed by atoms with Crippen LogP contribution < -0.4 is 20.1 Å². The number of sulfonamides is 1. The number of amides is 2. The van der Waals surface area contributed by atoms with E-state index in [9.17, 15) is 18.0 Å². The summed E-state index contributed by atoms with van der Waals surface area (Å²) in [6, 6.07) is 11.5. The topological polar surface area (TPSA) is 114 Å². The van der Waals surface area contributed by atoms with Gasteiger partial charge >= 0.3 is 0 Å². The number of nitrogens with zero attached hydrogens (tertiary/aromatic N) is 1. The Labute approximate surface area is 205 Å². The van der Waals surface area contributed by atoms with Gasteiger partial charge in [0, 0.05) is 31.2 Å². The summed E-state index contributed by atoms with van der Waals surface area (Å²) in [5.41, 5.74) is 1.37. The molecule has 2 fully saturated rings. The highest BCUT2D eigenvalue weighted by molar-refractivity contribution is 7.89. The number of rotatable bonds is 10. The van der Waals surface area contributed by atoms with Crippen molar-refractivity contribution in [2.45, 2.75) is 17.4 Å². The van der Waals surface area contributed by atoms with Crippen LogP contribution >= 0.6 is 0 Å². The number of fused-ring (bicyclic) bond motifs is 1. The molecule has 4 rings (SSSR count). The van der Waals surface area contributed by atoms with Gasteiger partial charge in [0.2, 0.25) is 15.9 Å². The first kappa shape index (κ1) is 24.7. The molecule has 10 heteroatoms. The average Bonchev–Trinajstić information content (AvgIpc) is 3.29. The number of carbonyl (C=O) groups is 2. The summed E-state index contributed by atoms with van der Waals surface area (Å²) in [6.45, 7) is 4.58. The molecule has 9 nitrogen and oxygen atoms in total. The lowest BCUT2D eigenvalue weighted by Crippen LogP contribution is -2.37. The molecule has 1 aliphatic heterocycles. The SMILES string of the molecule is C=CC(=O)NC1C2CN(S(=O)(=O)c3ccc(C(=O)NCCc4ccc(OC)c(OC)c4)cc3)CC21. The Morgan fingerprint density at radius 3 is 2.31 bits per heavy atom. The minimum Gasteiger partial charge on any atom is -0.493 e. The van der Waals surface area contributed by atoms with Crippen molar-refractivity contribution in [2.24, 2.45) is 11.8 Å². The van der Waals surface area contributed by atoms with Gasteiger partial charge in [-0.2, -0.15) is 4.31 Å². The molecule has 2 N–H and O–H groups in total. The lowest BCUT2D eigenvalue weighted by atomic mass is 10.1. The van der Waals surface area contributed by atoms with Gasteiger partial charge in [-0.25, -0.2) is 8.42 Å². The number of methoxy groups -OCH3 is 2. The summed E-state index contributed by atoms with van der Waals surface area (Å²) in [6.07, 6.45) is 1.82. The van der Waals surface area contributed by atoms with Gasteiger partial charge in [-0.15, -0.1) is 0 Å². The van der Waals surface area contributed by atoms with E-state index in [4.69, 9.17) is 9.47 Å². The molecule has 2 unspecified atom stereocenters. The van der Waals surface area contributed by atoms with Crippen molar-refractivity contribution in [3.8, 4) is 11.5 Å². The number of ether oxygens (including phenoxy) is 2. The summed E-state index contributed by atoms with van der Waals surface area (Å²) in [5.74, 6) is 1.00. The van der Waals surface area contributed by atoms with Crippen LogP contribution in [0.5, 0.6) is 11.5 Å². The van der Waals surface area contributed by atoms with Crippen molar-refractivity contribution in [3.05, 3.63) is 66.2 Å². The molecule has 186 valence electrons. The number of carbonyl (C=O) groups excluding carboxylic acids is 2. The molecule has 0 spiro atoms. The van der Waals surface area contributed by atoms with Crippen LogP contribution in [0.2, 0.25) is 0 Å². The molecule has 2 aromatic rings. The van der Waals surface area contributed by atoms with Gasteiger partial charge in [0.25, 0.3) is 5.91 Å². The first-order chi connectivity index (χ1) is 16.8. The molecule has 0 aromatic heterocycles. The zero-order valence-electron chi connectivity index (χ0n) is 19.7. The summed E-state index contributed by atoms with van der Waals surface area (Å²) < 4.78 is 38.0. The van der Waals surface area contributed by atoms with Crippen molar-refractivity contribution >= 4 is 21.8 Å². The summed E-state index contributed by atoms with van der Waals surface area (Å²) in [7, 11) is -0.517. The second-order valence-corrected chi connectivity index (χ2v) is 10.5. The minimum absolute atomic E-state index is 0.0111. The number of nitrogens with one attached hydrogen (secondary N) is 2. The number of hydrogen-bond donors (Lipinski definition) is 2. The Morgan fingerprint density at radius 1 is 1.06 bits per heavy atom. The van der Waals surface area contributed by atoms with Gasteiger partial charge in [-0.3, -0.25) is 9.59 Å². The third-order valence-electron chi connectivity index (χ3n) is 6.56. The van der Waals surface area contributed by atoms with E-state index in [0.717, 1.165) is 5.56 Å². The predicted octanol–water partition coefficient (Wildman–Crippen LogP) is 1.60. The van der Waals surface area contributed by atoms with Crippen LogP contribution in [0.3, 0.4) is 0 Å². The summed E-state index contributed by atoms with van der Waals surface area (Å²) >= 11 is 0. The molecule has 1 heterocycles. The highest BCUT2D eigenvalue weighted by Crippen LogP contribution is 2.47. The van der Waals surface area contributed by atoms with E-state index >= 15 is 0 Å². The second kappa shape index (κ2) is 10.1. The predicted molar refractivity (Wildman–Crippen MR) is 130 cm³/mol. The number of piperidine rings is 1. The monoisotopic (exact) mass is 499 g/mol.